The molecule has 0 aliphatic heterocycles. The summed E-state index contributed by atoms with van der Waals surface area (Å²) in [5.41, 5.74) is 0.880. The van der Waals surface area contributed by atoms with Gasteiger partial charge in [-0.15, -0.1) is 5.10 Å². The SMILES string of the molecule is Oc1cc(O)c2nn[nH]c2c1.[Ag]. The van der Waals surface area contributed by atoms with Crippen molar-refractivity contribution >= 4 is 11.0 Å². The number of aromatic nitrogens is 3. The molecule has 0 spiro atoms. The Morgan fingerprint density at radius 2 is 2.00 bits per heavy atom. The third kappa shape index (κ3) is 1.29. The number of hydrogen-bond acceptors (Lipinski definition) is 4. The van der Waals surface area contributed by atoms with Crippen LogP contribution in [0.4, 0.5) is 0 Å². The van der Waals surface area contributed by atoms with E-state index in [2.05, 4.69) is 15.4 Å². The molecule has 1 heterocycles. The first-order chi connectivity index (χ1) is 5.27. The van der Waals surface area contributed by atoms with Crippen LogP contribution in [0.15, 0.2) is 12.1 Å². The van der Waals surface area contributed by atoms with E-state index in [1.54, 1.807) is 0 Å². The van der Waals surface area contributed by atoms with Crippen molar-refractivity contribution < 1.29 is 32.6 Å². The van der Waals surface area contributed by atoms with Crippen molar-refractivity contribution in [3.8, 4) is 11.5 Å². The number of hydrogen-bond donors (Lipinski definition) is 3. The summed E-state index contributed by atoms with van der Waals surface area (Å²) in [6.07, 6.45) is 0. The third-order valence-corrected chi connectivity index (χ3v) is 1.40. The van der Waals surface area contributed by atoms with Crippen LogP contribution < -0.4 is 0 Å². The first-order valence-corrected chi connectivity index (χ1v) is 3.00. The molecule has 0 fully saturated rings. The number of nitrogens with zero attached hydrogens (tertiary/aromatic N) is 2. The molecule has 2 rings (SSSR count). The van der Waals surface area contributed by atoms with Crippen LogP contribution in [0.1, 0.15) is 0 Å². The average molecular weight is 259 g/mol. The summed E-state index contributed by atoms with van der Waals surface area (Å²) in [6.45, 7) is 0. The first kappa shape index (κ1) is 9.05. The molecule has 5 nitrogen and oxygen atoms in total. The molecule has 0 saturated heterocycles. The average Bonchev–Trinajstić information content (AvgIpc) is 2.34. The maximum atomic E-state index is 9.16. The topological polar surface area (TPSA) is 82.0 Å². The van der Waals surface area contributed by atoms with Crippen molar-refractivity contribution in [3.63, 3.8) is 0 Å². The first-order valence-electron chi connectivity index (χ1n) is 3.00. The summed E-state index contributed by atoms with van der Waals surface area (Å²) in [7, 11) is 0. The second-order valence-electron chi connectivity index (χ2n) is 2.17. The zero-order chi connectivity index (χ0) is 7.84. The maximum Gasteiger partial charge on any atom is 0.154 e. The number of nitrogens with one attached hydrogen (secondary N) is 1. The van der Waals surface area contributed by atoms with Crippen molar-refractivity contribution in [3.05, 3.63) is 12.1 Å². The van der Waals surface area contributed by atoms with E-state index in [1.165, 1.54) is 12.1 Å². The molecule has 1 radical (unpaired) electrons. The van der Waals surface area contributed by atoms with E-state index in [4.69, 9.17) is 10.2 Å². The van der Waals surface area contributed by atoms with Gasteiger partial charge in [-0.2, -0.15) is 0 Å². The smallest absolute Gasteiger partial charge is 0.154 e. The van der Waals surface area contributed by atoms with E-state index in [1.807, 2.05) is 0 Å². The second-order valence-corrected chi connectivity index (χ2v) is 2.17. The molecule has 3 N–H and O–H groups in total. The van der Waals surface area contributed by atoms with Gasteiger partial charge in [-0.3, -0.25) is 5.10 Å². The summed E-state index contributed by atoms with van der Waals surface area (Å²) < 4.78 is 0. The van der Waals surface area contributed by atoms with Crippen molar-refractivity contribution in [1.29, 1.82) is 0 Å². The monoisotopic (exact) mass is 258 g/mol. The van der Waals surface area contributed by atoms with Gasteiger partial charge in [0.2, 0.25) is 0 Å². The number of aromatic amines is 1. The van der Waals surface area contributed by atoms with Crippen LogP contribution in [0.25, 0.3) is 11.0 Å². The summed E-state index contributed by atoms with van der Waals surface area (Å²) >= 11 is 0. The predicted molar refractivity (Wildman–Crippen MR) is 37.2 cm³/mol. The minimum atomic E-state index is -0.0752. The Hall–Kier alpha value is -1.04. The summed E-state index contributed by atoms with van der Waals surface area (Å²) in [4.78, 5) is 0. The summed E-state index contributed by atoms with van der Waals surface area (Å²) in [5.74, 6) is -0.0881. The fourth-order valence-corrected chi connectivity index (χ4v) is 0.924. The van der Waals surface area contributed by atoms with Crippen molar-refractivity contribution in [2.75, 3.05) is 0 Å². The zero-order valence-corrected chi connectivity index (χ0v) is 7.23. The summed E-state index contributed by atoms with van der Waals surface area (Å²) in [5, 5.41) is 27.7. The van der Waals surface area contributed by atoms with Crippen LogP contribution in [-0.4, -0.2) is 25.6 Å². The molecule has 0 atom stereocenters. The van der Waals surface area contributed by atoms with Crippen LogP contribution >= 0.6 is 0 Å². The molecule has 6 heteroatoms. The van der Waals surface area contributed by atoms with Gasteiger partial charge in [0.25, 0.3) is 0 Å². The van der Waals surface area contributed by atoms with Crippen molar-refractivity contribution in [2.24, 2.45) is 0 Å². The Balaban J connectivity index is 0.000000720. The quantitative estimate of drug-likeness (QED) is 0.597. The molecule has 0 amide bonds. The van der Waals surface area contributed by atoms with Gasteiger partial charge in [-0.05, 0) is 0 Å². The van der Waals surface area contributed by atoms with E-state index in [0.717, 1.165) is 0 Å². The molecule has 0 saturated carbocycles. The van der Waals surface area contributed by atoms with Gasteiger partial charge in [-0.25, -0.2) is 0 Å². The Morgan fingerprint density at radius 1 is 1.25 bits per heavy atom. The second kappa shape index (κ2) is 3.14. The number of phenols is 2. The van der Waals surface area contributed by atoms with Gasteiger partial charge in [0.1, 0.15) is 11.5 Å². The minimum Gasteiger partial charge on any atom is -0.508 e. The maximum absolute atomic E-state index is 9.16. The Morgan fingerprint density at radius 3 is 2.75 bits per heavy atom. The van der Waals surface area contributed by atoms with Crippen LogP contribution in [-0.2, 0) is 22.4 Å². The zero-order valence-electron chi connectivity index (χ0n) is 5.75. The van der Waals surface area contributed by atoms with E-state index < -0.39 is 0 Å². The standard InChI is InChI=1S/C6H5N3O2.Ag/c10-3-1-4-6(5(11)2-3)8-9-7-4;/h1-2,10-11H,(H,7,8,9);. The third-order valence-electron chi connectivity index (χ3n) is 1.40. The van der Waals surface area contributed by atoms with E-state index in [9.17, 15) is 0 Å². The molecular formula is C6H5AgN3O2. The van der Waals surface area contributed by atoms with Crippen molar-refractivity contribution in [2.45, 2.75) is 0 Å². The van der Waals surface area contributed by atoms with E-state index in [0.29, 0.717) is 11.0 Å². The van der Waals surface area contributed by atoms with Gasteiger partial charge in [-0.1, -0.05) is 5.21 Å². The Labute approximate surface area is 82.9 Å². The minimum absolute atomic E-state index is 0. The number of aromatic hydroxyl groups is 2. The van der Waals surface area contributed by atoms with Gasteiger partial charge >= 0.3 is 0 Å². The normalized spacial score (nSPS) is 9.67. The van der Waals surface area contributed by atoms with Crippen molar-refractivity contribution in [1.82, 2.24) is 15.4 Å². The molecule has 0 aliphatic carbocycles. The van der Waals surface area contributed by atoms with E-state index >= 15 is 0 Å². The van der Waals surface area contributed by atoms with Crippen LogP contribution in [0.5, 0.6) is 11.5 Å². The fourth-order valence-electron chi connectivity index (χ4n) is 0.924. The molecular weight excluding hydrogens is 254 g/mol. The number of phenolic OH excluding ortho intramolecular Hbond substituents is 2. The Kier molecular flexibility index (Phi) is 2.37. The number of benzene rings is 1. The van der Waals surface area contributed by atoms with Gasteiger partial charge in [0.15, 0.2) is 5.52 Å². The Bertz CT molecular complexity index is 401. The number of rotatable bonds is 0. The number of H-pyrrole nitrogens is 1. The molecule has 67 valence electrons. The molecule has 2 aromatic rings. The van der Waals surface area contributed by atoms with Crippen LogP contribution in [0, 0.1) is 0 Å². The molecule has 0 bridgehead atoms. The predicted octanol–water partition coefficient (Wildman–Crippen LogP) is 0.367. The summed E-state index contributed by atoms with van der Waals surface area (Å²) in [6, 6.07) is 2.65. The van der Waals surface area contributed by atoms with Crippen LogP contribution in [0.3, 0.4) is 0 Å². The molecule has 12 heavy (non-hydrogen) atoms. The van der Waals surface area contributed by atoms with E-state index in [-0.39, 0.29) is 33.9 Å². The molecule has 1 aromatic carbocycles. The van der Waals surface area contributed by atoms with Gasteiger partial charge in [0, 0.05) is 34.5 Å². The largest absolute Gasteiger partial charge is 0.508 e. The van der Waals surface area contributed by atoms with Crippen LogP contribution in [0.2, 0.25) is 0 Å². The van der Waals surface area contributed by atoms with Gasteiger partial charge in [0.05, 0.1) is 5.52 Å². The number of fused-ring (bicyclic) bond motifs is 1. The van der Waals surface area contributed by atoms with Gasteiger partial charge < -0.3 is 10.2 Å². The molecule has 1 aromatic heterocycles. The molecule has 0 aliphatic rings. The fraction of sp³-hybridized carbons (Fsp3) is 0. The molecule has 0 unspecified atom stereocenters.